The third kappa shape index (κ3) is 1.47. The van der Waals surface area contributed by atoms with E-state index in [0.29, 0.717) is 20.9 Å². The van der Waals surface area contributed by atoms with Gasteiger partial charge in [-0.25, -0.2) is 0 Å². The molecular weight excluding hydrogens is 229 g/mol. The van der Waals surface area contributed by atoms with Crippen molar-refractivity contribution in [1.29, 1.82) is 5.26 Å². The summed E-state index contributed by atoms with van der Waals surface area (Å²) in [6.07, 6.45) is 0.443. The van der Waals surface area contributed by atoms with Gasteiger partial charge in [-0.05, 0) is 0 Å². The molecule has 0 atom stereocenters. The first-order chi connectivity index (χ1) is 6.31. The van der Waals surface area contributed by atoms with Crippen LogP contribution in [0.4, 0.5) is 0 Å². The quantitative estimate of drug-likeness (QED) is 0.765. The number of phenols is 1. The summed E-state index contributed by atoms with van der Waals surface area (Å²) < 4.78 is 1.26. The van der Waals surface area contributed by atoms with Gasteiger partial charge >= 0.3 is 81.5 Å². The van der Waals surface area contributed by atoms with Crippen LogP contribution in [0.15, 0.2) is 23.1 Å². The Labute approximate surface area is 81.8 Å². The molecule has 2 aromatic rings. The van der Waals surface area contributed by atoms with E-state index in [2.05, 4.69) is 11.0 Å². The molecule has 3 heteroatoms. The fourth-order valence-corrected chi connectivity index (χ4v) is 3.27. The molecule has 0 aliphatic rings. The van der Waals surface area contributed by atoms with Gasteiger partial charge in [0.05, 0.1) is 0 Å². The van der Waals surface area contributed by atoms with Crippen LogP contribution in [0.25, 0.3) is 9.65 Å². The van der Waals surface area contributed by atoms with Crippen LogP contribution < -0.4 is 0 Å². The Bertz CT molecular complexity index is 481. The number of hydrogen-bond acceptors (Lipinski definition) is 2. The topological polar surface area (TPSA) is 44.0 Å². The van der Waals surface area contributed by atoms with Crippen molar-refractivity contribution in [3.8, 4) is 11.8 Å². The van der Waals surface area contributed by atoms with Gasteiger partial charge in [0.25, 0.3) is 0 Å². The van der Waals surface area contributed by atoms with Crippen molar-refractivity contribution >= 4 is 24.1 Å². The first-order valence-corrected chi connectivity index (χ1v) is 5.72. The van der Waals surface area contributed by atoms with Gasteiger partial charge in [0, 0.05) is 0 Å². The molecule has 1 aromatic carbocycles. The molecule has 0 fully saturated rings. The molecule has 0 bridgehead atoms. The Balaban J connectivity index is 2.66. The first kappa shape index (κ1) is 8.37. The fraction of sp³-hybridized carbons (Fsp3) is 0.100. The zero-order chi connectivity index (χ0) is 9.26. The summed E-state index contributed by atoms with van der Waals surface area (Å²) in [5.41, 5.74) is 1.06. The number of benzene rings is 1. The van der Waals surface area contributed by atoms with E-state index in [4.69, 9.17) is 5.26 Å². The van der Waals surface area contributed by atoms with Crippen molar-refractivity contribution in [3.05, 3.63) is 28.7 Å². The molecule has 2 nitrogen and oxygen atoms in total. The zero-order valence-electron chi connectivity index (χ0n) is 6.82. The molecule has 64 valence electrons. The molecule has 0 saturated heterocycles. The first-order valence-electron chi connectivity index (χ1n) is 3.87. The molecule has 1 N–H and O–H groups in total. The molecule has 0 radical (unpaired) electrons. The van der Waals surface area contributed by atoms with E-state index in [9.17, 15) is 5.11 Å². The van der Waals surface area contributed by atoms with Gasteiger partial charge in [-0.15, -0.1) is 0 Å². The van der Waals surface area contributed by atoms with E-state index >= 15 is 0 Å². The Morgan fingerprint density at radius 1 is 1.46 bits per heavy atom. The summed E-state index contributed by atoms with van der Waals surface area (Å²) in [7, 11) is 0. The maximum atomic E-state index is 9.28. The van der Waals surface area contributed by atoms with Crippen LogP contribution in [0.1, 0.15) is 5.56 Å². The average molecular weight is 236 g/mol. The molecule has 0 unspecified atom stereocenters. The molecule has 2 rings (SSSR count). The van der Waals surface area contributed by atoms with Crippen molar-refractivity contribution in [3.63, 3.8) is 0 Å². The SMILES string of the molecule is N#CCc1c[se]c2ccc(O)cc12. The third-order valence-corrected chi connectivity index (χ3v) is 4.03. The van der Waals surface area contributed by atoms with Crippen molar-refractivity contribution in [2.24, 2.45) is 0 Å². The Morgan fingerprint density at radius 3 is 3.08 bits per heavy atom. The molecule has 13 heavy (non-hydrogen) atoms. The predicted octanol–water partition coefficient (Wildman–Crippen LogP) is 1.67. The van der Waals surface area contributed by atoms with E-state index in [0.717, 1.165) is 10.9 Å². The molecule has 1 heterocycles. The van der Waals surface area contributed by atoms with Crippen LogP contribution in [0, 0.1) is 11.3 Å². The van der Waals surface area contributed by atoms with Gasteiger partial charge in [-0.1, -0.05) is 0 Å². The molecular formula is C10H7NOSe. The Morgan fingerprint density at radius 2 is 2.31 bits per heavy atom. The molecule has 0 aliphatic heterocycles. The number of nitrogens with zero attached hydrogens (tertiary/aromatic N) is 1. The van der Waals surface area contributed by atoms with Crippen LogP contribution in [-0.2, 0) is 6.42 Å². The van der Waals surface area contributed by atoms with Crippen LogP contribution in [-0.4, -0.2) is 19.6 Å². The molecule has 0 saturated carbocycles. The number of nitriles is 1. The number of rotatable bonds is 1. The summed E-state index contributed by atoms with van der Waals surface area (Å²) in [5.74, 6) is 0.278. The van der Waals surface area contributed by atoms with Gasteiger partial charge in [0.1, 0.15) is 0 Å². The predicted molar refractivity (Wildman–Crippen MR) is 51.9 cm³/mol. The summed E-state index contributed by atoms with van der Waals surface area (Å²) in [5, 5.41) is 18.9. The molecule has 1 aromatic heterocycles. The van der Waals surface area contributed by atoms with Crippen molar-refractivity contribution in [2.75, 3.05) is 0 Å². The van der Waals surface area contributed by atoms with E-state index in [-0.39, 0.29) is 5.75 Å². The fourth-order valence-electron chi connectivity index (χ4n) is 1.29. The zero-order valence-corrected chi connectivity index (χ0v) is 8.53. The number of hydrogen-bond donors (Lipinski definition) is 1. The van der Waals surface area contributed by atoms with Crippen LogP contribution >= 0.6 is 0 Å². The average Bonchev–Trinajstić information content (AvgIpc) is 2.49. The van der Waals surface area contributed by atoms with Gasteiger partial charge in [0.2, 0.25) is 0 Å². The van der Waals surface area contributed by atoms with Crippen molar-refractivity contribution in [2.45, 2.75) is 6.42 Å². The summed E-state index contributed by atoms with van der Waals surface area (Å²) in [4.78, 5) is 2.11. The van der Waals surface area contributed by atoms with Crippen LogP contribution in [0.5, 0.6) is 5.75 Å². The van der Waals surface area contributed by atoms with Gasteiger partial charge in [-0.3, -0.25) is 0 Å². The monoisotopic (exact) mass is 237 g/mol. The van der Waals surface area contributed by atoms with Crippen molar-refractivity contribution < 1.29 is 5.11 Å². The number of fused-ring (bicyclic) bond motifs is 1. The summed E-state index contributed by atoms with van der Waals surface area (Å²) >= 11 is 0.342. The van der Waals surface area contributed by atoms with E-state index in [1.165, 1.54) is 4.26 Å². The van der Waals surface area contributed by atoms with Gasteiger partial charge < -0.3 is 0 Å². The van der Waals surface area contributed by atoms with Crippen molar-refractivity contribution in [1.82, 2.24) is 0 Å². The second-order valence-electron chi connectivity index (χ2n) is 2.78. The van der Waals surface area contributed by atoms with Crippen LogP contribution in [0.2, 0.25) is 0 Å². The minimum atomic E-state index is 0.278. The normalized spacial score (nSPS) is 10.1. The van der Waals surface area contributed by atoms with Crippen LogP contribution in [0.3, 0.4) is 0 Å². The molecule has 0 aliphatic carbocycles. The number of phenolic OH excluding ortho intramolecular Hbond substituents is 1. The van der Waals surface area contributed by atoms with E-state index in [1.807, 2.05) is 6.07 Å². The third-order valence-electron chi connectivity index (χ3n) is 1.91. The maximum absolute atomic E-state index is 9.28. The second kappa shape index (κ2) is 3.26. The van der Waals surface area contributed by atoms with Gasteiger partial charge in [-0.2, -0.15) is 0 Å². The Kier molecular flexibility index (Phi) is 2.10. The number of aromatic hydroxyl groups is 1. The molecule has 0 spiro atoms. The van der Waals surface area contributed by atoms with E-state index in [1.54, 1.807) is 12.1 Å². The Hall–Kier alpha value is -1.23. The summed E-state index contributed by atoms with van der Waals surface area (Å²) in [6, 6.07) is 7.51. The molecule has 0 amide bonds. The summed E-state index contributed by atoms with van der Waals surface area (Å²) in [6.45, 7) is 0. The minimum absolute atomic E-state index is 0.278. The van der Waals surface area contributed by atoms with E-state index < -0.39 is 0 Å². The van der Waals surface area contributed by atoms with Gasteiger partial charge in [0.15, 0.2) is 0 Å². The standard InChI is InChI=1S/C10H7NOSe/c11-4-3-7-6-13-10-2-1-8(12)5-9(7)10/h1-2,5-6,12H,3H2. The second-order valence-corrected chi connectivity index (χ2v) is 4.69.